The van der Waals surface area contributed by atoms with Crippen molar-refractivity contribution in [3.05, 3.63) is 39.3 Å². The third kappa shape index (κ3) is 2.03. The van der Waals surface area contributed by atoms with Crippen LogP contribution in [0.1, 0.15) is 5.82 Å². The monoisotopic (exact) mass is 317 g/mol. The van der Waals surface area contributed by atoms with Crippen LogP contribution in [0.25, 0.3) is 16.7 Å². The first-order chi connectivity index (χ1) is 9.79. The summed E-state index contributed by atoms with van der Waals surface area (Å²) in [6, 6.07) is 3.24. The third-order valence-electron chi connectivity index (χ3n) is 2.73. The van der Waals surface area contributed by atoms with Gasteiger partial charge in [0.25, 0.3) is 5.69 Å². The van der Waals surface area contributed by atoms with E-state index < -0.39 is 16.9 Å². The molecule has 0 aliphatic heterocycles. The van der Waals surface area contributed by atoms with Crippen molar-refractivity contribution < 1.29 is 18.1 Å². The SMILES string of the molecule is O=[N+]([O-])c1ccc2c(c1)nc(Cl)c1nnc(C(F)(F)F)n12. The molecule has 0 fully saturated rings. The number of hydrogen-bond donors (Lipinski definition) is 0. The van der Waals surface area contributed by atoms with Gasteiger partial charge >= 0.3 is 6.18 Å². The number of alkyl halides is 3. The fraction of sp³-hybridized carbons (Fsp3) is 0.100. The summed E-state index contributed by atoms with van der Waals surface area (Å²) >= 11 is 5.76. The molecule has 21 heavy (non-hydrogen) atoms. The fourth-order valence-electron chi connectivity index (χ4n) is 1.89. The molecule has 0 aliphatic rings. The second-order valence-electron chi connectivity index (χ2n) is 4.01. The number of fused-ring (bicyclic) bond motifs is 3. The van der Waals surface area contributed by atoms with E-state index in [1.54, 1.807) is 0 Å². The quantitative estimate of drug-likeness (QED) is 0.509. The maximum absolute atomic E-state index is 12.9. The molecule has 0 saturated heterocycles. The average Bonchev–Trinajstić information content (AvgIpc) is 2.83. The van der Waals surface area contributed by atoms with E-state index in [4.69, 9.17) is 11.6 Å². The molecule has 0 amide bonds. The highest BCUT2D eigenvalue weighted by Gasteiger charge is 2.38. The average molecular weight is 318 g/mol. The molecule has 0 radical (unpaired) electrons. The maximum Gasteiger partial charge on any atom is 0.452 e. The van der Waals surface area contributed by atoms with E-state index in [0.29, 0.717) is 4.40 Å². The topological polar surface area (TPSA) is 86.2 Å². The molecule has 0 atom stereocenters. The minimum absolute atomic E-state index is 0.0303. The first-order valence-corrected chi connectivity index (χ1v) is 5.73. The van der Waals surface area contributed by atoms with Gasteiger partial charge in [0.1, 0.15) is 0 Å². The second-order valence-corrected chi connectivity index (χ2v) is 4.37. The van der Waals surface area contributed by atoms with Gasteiger partial charge in [0, 0.05) is 12.1 Å². The van der Waals surface area contributed by atoms with Crippen molar-refractivity contribution >= 4 is 34.0 Å². The molecule has 2 aromatic heterocycles. The maximum atomic E-state index is 12.9. The minimum atomic E-state index is -4.75. The minimum Gasteiger partial charge on any atom is -0.267 e. The molecule has 0 saturated carbocycles. The van der Waals surface area contributed by atoms with Gasteiger partial charge < -0.3 is 0 Å². The van der Waals surface area contributed by atoms with Crippen molar-refractivity contribution in [3.63, 3.8) is 0 Å². The van der Waals surface area contributed by atoms with Gasteiger partial charge in [-0.25, -0.2) is 4.98 Å². The van der Waals surface area contributed by atoms with Crippen LogP contribution in [0.2, 0.25) is 5.15 Å². The smallest absolute Gasteiger partial charge is 0.267 e. The van der Waals surface area contributed by atoms with E-state index in [2.05, 4.69) is 15.2 Å². The Morgan fingerprint density at radius 1 is 1.29 bits per heavy atom. The lowest BCUT2D eigenvalue weighted by Gasteiger charge is -2.07. The van der Waals surface area contributed by atoms with E-state index >= 15 is 0 Å². The fourth-order valence-corrected chi connectivity index (χ4v) is 2.10. The molecule has 108 valence electrons. The van der Waals surface area contributed by atoms with Crippen LogP contribution >= 0.6 is 11.6 Å². The molecule has 0 spiro atoms. The number of rotatable bonds is 1. The first-order valence-electron chi connectivity index (χ1n) is 5.35. The highest BCUT2D eigenvalue weighted by molar-refractivity contribution is 6.32. The van der Waals surface area contributed by atoms with E-state index in [9.17, 15) is 23.3 Å². The molecule has 1 aromatic carbocycles. The number of hydrogen-bond acceptors (Lipinski definition) is 5. The van der Waals surface area contributed by atoms with E-state index in [-0.39, 0.29) is 27.5 Å². The molecule has 3 rings (SSSR count). The number of benzene rings is 1. The van der Waals surface area contributed by atoms with Gasteiger partial charge in [-0.3, -0.25) is 14.5 Å². The molecular formula is C10H3ClF3N5O2. The Balaban J connectivity index is 2.46. The van der Waals surface area contributed by atoms with Crippen LogP contribution in [0.3, 0.4) is 0 Å². The standard InChI is InChI=1S/C10H3ClF3N5O2/c11-7-8-16-17-9(10(12,13)14)18(8)6-2-1-4(19(20)21)3-5(6)15-7/h1-3H. The molecule has 11 heteroatoms. The summed E-state index contributed by atoms with van der Waals surface area (Å²) in [6.07, 6.45) is -4.75. The summed E-state index contributed by atoms with van der Waals surface area (Å²) in [5.74, 6) is -1.28. The van der Waals surface area contributed by atoms with E-state index in [0.717, 1.165) is 18.2 Å². The van der Waals surface area contributed by atoms with Crippen molar-refractivity contribution in [2.45, 2.75) is 6.18 Å². The second kappa shape index (κ2) is 4.25. The lowest BCUT2D eigenvalue weighted by atomic mass is 10.2. The highest BCUT2D eigenvalue weighted by Crippen LogP contribution is 2.32. The summed E-state index contributed by atoms with van der Waals surface area (Å²) in [6.45, 7) is 0. The van der Waals surface area contributed by atoms with Crippen molar-refractivity contribution in [2.75, 3.05) is 0 Å². The van der Waals surface area contributed by atoms with Crippen LogP contribution in [-0.2, 0) is 6.18 Å². The van der Waals surface area contributed by atoms with Gasteiger partial charge in [0.15, 0.2) is 10.8 Å². The zero-order chi connectivity index (χ0) is 15.4. The summed E-state index contributed by atoms with van der Waals surface area (Å²) in [5.41, 5.74) is -0.679. The summed E-state index contributed by atoms with van der Waals surface area (Å²) in [4.78, 5) is 13.8. The summed E-state index contributed by atoms with van der Waals surface area (Å²) in [5, 5.41) is 16.8. The van der Waals surface area contributed by atoms with Gasteiger partial charge in [-0.2, -0.15) is 13.2 Å². The number of halogens is 4. The summed E-state index contributed by atoms with van der Waals surface area (Å²) in [7, 11) is 0. The molecule has 0 bridgehead atoms. The number of non-ortho nitro benzene ring substituents is 1. The van der Waals surface area contributed by atoms with Crippen LogP contribution in [-0.4, -0.2) is 24.5 Å². The van der Waals surface area contributed by atoms with Crippen molar-refractivity contribution in [1.29, 1.82) is 0 Å². The Morgan fingerprint density at radius 3 is 2.62 bits per heavy atom. The van der Waals surface area contributed by atoms with Crippen molar-refractivity contribution in [1.82, 2.24) is 19.6 Å². The Hall–Kier alpha value is -2.49. The Bertz CT molecular complexity index is 892. The molecule has 0 unspecified atom stereocenters. The third-order valence-corrected chi connectivity index (χ3v) is 2.98. The predicted molar refractivity (Wildman–Crippen MR) is 65.0 cm³/mol. The lowest BCUT2D eigenvalue weighted by molar-refractivity contribution is -0.384. The van der Waals surface area contributed by atoms with Crippen molar-refractivity contribution in [2.24, 2.45) is 0 Å². The van der Waals surface area contributed by atoms with Gasteiger partial charge in [-0.15, -0.1) is 10.2 Å². The Kier molecular flexibility index (Phi) is 2.73. The normalized spacial score (nSPS) is 12.2. The van der Waals surface area contributed by atoms with E-state index in [1.807, 2.05) is 0 Å². The number of nitro benzene ring substituents is 1. The van der Waals surface area contributed by atoms with Gasteiger partial charge in [0.2, 0.25) is 5.82 Å². The molecule has 0 N–H and O–H groups in total. The largest absolute Gasteiger partial charge is 0.452 e. The van der Waals surface area contributed by atoms with Crippen LogP contribution in [0.5, 0.6) is 0 Å². The molecule has 2 heterocycles. The first kappa shape index (κ1) is 13.5. The highest BCUT2D eigenvalue weighted by atomic mass is 35.5. The van der Waals surface area contributed by atoms with E-state index in [1.165, 1.54) is 0 Å². The lowest BCUT2D eigenvalue weighted by Crippen LogP contribution is -2.11. The van der Waals surface area contributed by atoms with Crippen LogP contribution in [0.4, 0.5) is 18.9 Å². The van der Waals surface area contributed by atoms with Gasteiger partial charge in [0.05, 0.1) is 16.0 Å². The predicted octanol–water partition coefficient (Wildman–Crippen LogP) is 2.86. The van der Waals surface area contributed by atoms with Crippen LogP contribution < -0.4 is 0 Å². The number of aromatic nitrogens is 4. The van der Waals surface area contributed by atoms with Crippen LogP contribution in [0.15, 0.2) is 18.2 Å². The van der Waals surface area contributed by atoms with Crippen molar-refractivity contribution in [3.8, 4) is 0 Å². The van der Waals surface area contributed by atoms with Gasteiger partial charge in [-0.05, 0) is 6.07 Å². The molecule has 0 aliphatic carbocycles. The zero-order valence-corrected chi connectivity index (χ0v) is 10.6. The number of nitrogens with zero attached hydrogens (tertiary/aromatic N) is 5. The molecular weight excluding hydrogens is 315 g/mol. The molecule has 7 nitrogen and oxygen atoms in total. The molecule has 3 aromatic rings. The number of nitro groups is 1. The van der Waals surface area contributed by atoms with Crippen LogP contribution in [0, 0.1) is 10.1 Å². The van der Waals surface area contributed by atoms with Gasteiger partial charge in [-0.1, -0.05) is 11.6 Å². The zero-order valence-electron chi connectivity index (χ0n) is 9.80. The summed E-state index contributed by atoms with van der Waals surface area (Å²) < 4.78 is 39.4. The Labute approximate surface area is 118 Å². The Morgan fingerprint density at radius 2 is 2.00 bits per heavy atom.